The molecule has 1 saturated heterocycles. The van der Waals surface area contributed by atoms with E-state index < -0.39 is 16.7 Å². The van der Waals surface area contributed by atoms with Gasteiger partial charge in [0.05, 0.1) is 16.4 Å². The fraction of sp³-hybridized carbons (Fsp3) is 0.333. The first kappa shape index (κ1) is 18.6. The van der Waals surface area contributed by atoms with E-state index in [9.17, 15) is 19.7 Å². The fourth-order valence-electron chi connectivity index (χ4n) is 3.59. The zero-order chi connectivity index (χ0) is 20.5. The number of benzene rings is 1. The highest BCUT2D eigenvalue weighted by molar-refractivity contribution is 6.05. The van der Waals surface area contributed by atoms with Crippen LogP contribution in [0.1, 0.15) is 30.7 Å². The Kier molecular flexibility index (Phi) is 4.71. The summed E-state index contributed by atoms with van der Waals surface area (Å²) >= 11 is 0. The summed E-state index contributed by atoms with van der Waals surface area (Å²) in [6.07, 6.45) is 1.94. The number of carbonyl (C=O) groups is 2. The number of nitrogen functional groups attached to an aromatic ring is 1. The average Bonchev–Trinajstić information content (AvgIpc) is 3.22. The predicted octanol–water partition coefficient (Wildman–Crippen LogP) is 1.63. The van der Waals surface area contributed by atoms with Crippen molar-refractivity contribution in [3.63, 3.8) is 0 Å². The Hall–Kier alpha value is -3.76. The molecule has 0 spiro atoms. The number of hydrogen-bond donors (Lipinski definition) is 3. The van der Waals surface area contributed by atoms with E-state index in [1.54, 1.807) is 0 Å². The Morgan fingerprint density at radius 2 is 2.07 bits per heavy atom. The summed E-state index contributed by atoms with van der Waals surface area (Å²) in [6.45, 7) is 1.62. The van der Waals surface area contributed by atoms with Crippen LogP contribution in [0.4, 0.5) is 29.0 Å². The van der Waals surface area contributed by atoms with Gasteiger partial charge in [-0.3, -0.25) is 19.7 Å². The lowest BCUT2D eigenvalue weighted by Gasteiger charge is -2.26. The number of rotatable bonds is 4. The Bertz CT molecular complexity index is 1000. The number of amides is 2. The van der Waals surface area contributed by atoms with Crippen LogP contribution >= 0.6 is 0 Å². The second kappa shape index (κ2) is 7.34. The number of nitrogens with one attached hydrogen (secondary N) is 2. The summed E-state index contributed by atoms with van der Waals surface area (Å²) in [4.78, 5) is 46.2. The third-order valence-corrected chi connectivity index (χ3v) is 4.99. The van der Waals surface area contributed by atoms with Crippen LogP contribution in [0.25, 0.3) is 0 Å². The summed E-state index contributed by atoms with van der Waals surface area (Å²) in [5.41, 5.74) is 6.60. The molecule has 1 fully saturated rings. The summed E-state index contributed by atoms with van der Waals surface area (Å²) in [6, 6.07) is 5.57. The third kappa shape index (κ3) is 3.66. The second-order valence-corrected chi connectivity index (χ2v) is 6.97. The Balaban J connectivity index is 1.63. The van der Waals surface area contributed by atoms with Crippen molar-refractivity contribution in [1.29, 1.82) is 0 Å². The maximum atomic E-state index is 12.9. The molecule has 11 nitrogen and oxygen atoms in total. The number of hydrogen-bond acceptors (Lipinski definition) is 8. The maximum Gasteiger partial charge on any atom is 0.271 e. The SMILES string of the molecule is Nc1nc(N2CCCC2)nc2c1[C@@H](C(=O)Nc1cccc([N+](=O)[O-])c1)CC(=O)N2. The molecule has 2 amide bonds. The highest BCUT2D eigenvalue weighted by Gasteiger charge is 2.35. The van der Waals surface area contributed by atoms with Crippen molar-refractivity contribution in [2.45, 2.75) is 25.2 Å². The number of carbonyl (C=O) groups excluding carboxylic acids is 2. The number of anilines is 4. The van der Waals surface area contributed by atoms with E-state index in [4.69, 9.17) is 5.73 Å². The first-order chi connectivity index (χ1) is 13.9. The van der Waals surface area contributed by atoms with Crippen LogP contribution < -0.4 is 21.3 Å². The number of fused-ring (bicyclic) bond motifs is 1. The van der Waals surface area contributed by atoms with Crippen LogP contribution in [0.15, 0.2) is 24.3 Å². The van der Waals surface area contributed by atoms with Gasteiger partial charge in [-0.2, -0.15) is 9.97 Å². The minimum Gasteiger partial charge on any atom is -0.383 e. The van der Waals surface area contributed by atoms with Crippen LogP contribution in [0.3, 0.4) is 0 Å². The van der Waals surface area contributed by atoms with E-state index in [2.05, 4.69) is 20.6 Å². The zero-order valence-electron chi connectivity index (χ0n) is 15.4. The average molecular weight is 397 g/mol. The summed E-state index contributed by atoms with van der Waals surface area (Å²) in [5, 5.41) is 16.2. The van der Waals surface area contributed by atoms with Gasteiger partial charge in [-0.15, -0.1) is 0 Å². The first-order valence-corrected chi connectivity index (χ1v) is 9.20. The van der Waals surface area contributed by atoms with Gasteiger partial charge >= 0.3 is 0 Å². The standard InChI is InChI=1S/C18H19N7O4/c19-15-14-12(17(27)20-10-4-3-5-11(8-10)25(28)29)9-13(26)21-16(14)23-18(22-15)24-6-1-2-7-24/h3-5,8,12H,1-2,6-7,9H2,(H,20,27)(H3,19,21,22,23,26)/t12-/m0/s1. The Morgan fingerprint density at radius 3 is 2.79 bits per heavy atom. The monoisotopic (exact) mass is 397 g/mol. The lowest BCUT2D eigenvalue weighted by Crippen LogP contribution is -2.33. The van der Waals surface area contributed by atoms with E-state index in [0.29, 0.717) is 11.5 Å². The van der Waals surface area contributed by atoms with Crippen LogP contribution in [0.5, 0.6) is 0 Å². The van der Waals surface area contributed by atoms with Crippen molar-refractivity contribution in [3.05, 3.63) is 39.9 Å². The molecule has 0 bridgehead atoms. The van der Waals surface area contributed by atoms with E-state index in [1.165, 1.54) is 24.3 Å². The summed E-state index contributed by atoms with van der Waals surface area (Å²) in [7, 11) is 0. The normalized spacial score (nSPS) is 18.1. The molecule has 2 aromatic rings. The van der Waals surface area contributed by atoms with Gasteiger partial charge in [0.1, 0.15) is 11.6 Å². The number of nitrogens with two attached hydrogens (primary N) is 1. The molecular weight excluding hydrogens is 378 g/mol. The fourth-order valence-corrected chi connectivity index (χ4v) is 3.59. The van der Waals surface area contributed by atoms with Gasteiger partial charge in [0.25, 0.3) is 5.69 Å². The van der Waals surface area contributed by atoms with Crippen LogP contribution in [0, 0.1) is 10.1 Å². The predicted molar refractivity (Wildman–Crippen MR) is 106 cm³/mol. The second-order valence-electron chi connectivity index (χ2n) is 6.97. The zero-order valence-corrected chi connectivity index (χ0v) is 15.4. The lowest BCUT2D eigenvalue weighted by molar-refractivity contribution is -0.384. The van der Waals surface area contributed by atoms with Gasteiger partial charge in [-0.1, -0.05) is 6.07 Å². The van der Waals surface area contributed by atoms with E-state index >= 15 is 0 Å². The first-order valence-electron chi connectivity index (χ1n) is 9.20. The number of non-ortho nitro benzene ring substituents is 1. The van der Waals surface area contributed by atoms with Crippen molar-refractivity contribution in [3.8, 4) is 0 Å². The molecule has 4 rings (SSSR count). The molecule has 3 heterocycles. The molecule has 0 radical (unpaired) electrons. The van der Waals surface area contributed by atoms with Gasteiger partial charge in [-0.25, -0.2) is 0 Å². The quantitative estimate of drug-likeness (QED) is 0.519. The molecule has 1 aromatic carbocycles. The number of aromatic nitrogens is 2. The molecule has 0 aliphatic carbocycles. The molecule has 0 saturated carbocycles. The molecule has 1 aromatic heterocycles. The molecular formula is C18H19N7O4. The molecule has 2 aliphatic heterocycles. The van der Waals surface area contributed by atoms with E-state index in [-0.39, 0.29) is 35.3 Å². The van der Waals surface area contributed by atoms with E-state index in [0.717, 1.165) is 25.9 Å². The molecule has 150 valence electrons. The number of nitro groups is 1. The van der Waals surface area contributed by atoms with E-state index in [1.807, 2.05) is 4.90 Å². The van der Waals surface area contributed by atoms with Crippen molar-refractivity contribution in [2.24, 2.45) is 0 Å². The molecule has 0 unspecified atom stereocenters. The molecule has 1 atom stereocenters. The van der Waals surface area contributed by atoms with Gasteiger partial charge in [-0.05, 0) is 18.9 Å². The van der Waals surface area contributed by atoms with Crippen LogP contribution in [-0.4, -0.2) is 39.8 Å². The van der Waals surface area contributed by atoms with Crippen molar-refractivity contribution in [1.82, 2.24) is 9.97 Å². The van der Waals surface area contributed by atoms with Gasteiger partial charge in [0.15, 0.2) is 0 Å². The molecule has 11 heteroatoms. The topological polar surface area (TPSA) is 156 Å². The Morgan fingerprint density at radius 1 is 1.31 bits per heavy atom. The summed E-state index contributed by atoms with van der Waals surface area (Å²) < 4.78 is 0. The molecule has 29 heavy (non-hydrogen) atoms. The molecule has 4 N–H and O–H groups in total. The minimum absolute atomic E-state index is 0.121. The molecule has 2 aliphatic rings. The van der Waals surface area contributed by atoms with Crippen LogP contribution in [-0.2, 0) is 9.59 Å². The third-order valence-electron chi connectivity index (χ3n) is 4.99. The maximum absolute atomic E-state index is 12.9. The van der Waals surface area contributed by atoms with Gasteiger partial charge in [0, 0.05) is 37.3 Å². The van der Waals surface area contributed by atoms with Crippen molar-refractivity contribution in [2.75, 3.05) is 34.4 Å². The Labute approximate surface area is 165 Å². The number of nitro benzene ring substituents is 1. The minimum atomic E-state index is -0.898. The van der Waals surface area contributed by atoms with Gasteiger partial charge in [0.2, 0.25) is 17.8 Å². The van der Waals surface area contributed by atoms with Gasteiger partial charge < -0.3 is 21.3 Å². The summed E-state index contributed by atoms with van der Waals surface area (Å²) in [5.74, 6) is -0.969. The van der Waals surface area contributed by atoms with Crippen molar-refractivity contribution < 1.29 is 14.5 Å². The highest BCUT2D eigenvalue weighted by atomic mass is 16.6. The highest BCUT2D eigenvalue weighted by Crippen LogP contribution is 2.37. The van der Waals surface area contributed by atoms with Crippen molar-refractivity contribution >= 4 is 40.8 Å². The smallest absolute Gasteiger partial charge is 0.271 e. The largest absolute Gasteiger partial charge is 0.383 e. The van der Waals surface area contributed by atoms with Crippen LogP contribution in [0.2, 0.25) is 0 Å². The lowest BCUT2D eigenvalue weighted by atomic mass is 9.92. The number of nitrogens with zero attached hydrogens (tertiary/aromatic N) is 4.